The minimum Gasteiger partial charge on any atom is -0.492 e. The van der Waals surface area contributed by atoms with Crippen LogP contribution >= 0.6 is 0 Å². The SMILES string of the molecule is Cc1cnccc1Nc1ccc(OCCN)cc1. The van der Waals surface area contributed by atoms with E-state index in [0.717, 1.165) is 22.7 Å². The van der Waals surface area contributed by atoms with Gasteiger partial charge in [-0.2, -0.15) is 0 Å². The second-order valence-corrected chi connectivity index (χ2v) is 3.98. The summed E-state index contributed by atoms with van der Waals surface area (Å²) in [4.78, 5) is 4.06. The van der Waals surface area contributed by atoms with Gasteiger partial charge in [0, 0.05) is 30.3 Å². The molecule has 4 nitrogen and oxygen atoms in total. The van der Waals surface area contributed by atoms with Crippen LogP contribution in [0.3, 0.4) is 0 Å². The molecule has 0 atom stereocenters. The first kappa shape index (κ1) is 12.4. The summed E-state index contributed by atoms with van der Waals surface area (Å²) in [6, 6.07) is 9.76. The van der Waals surface area contributed by atoms with Crippen LogP contribution in [-0.4, -0.2) is 18.1 Å². The number of ether oxygens (including phenoxy) is 1. The van der Waals surface area contributed by atoms with Crippen LogP contribution in [0.25, 0.3) is 0 Å². The lowest BCUT2D eigenvalue weighted by Gasteiger charge is -2.10. The van der Waals surface area contributed by atoms with Crippen molar-refractivity contribution in [1.82, 2.24) is 4.98 Å². The largest absolute Gasteiger partial charge is 0.492 e. The minimum atomic E-state index is 0.524. The first-order valence-corrected chi connectivity index (χ1v) is 5.90. The number of aryl methyl sites for hydroxylation is 1. The van der Waals surface area contributed by atoms with Gasteiger partial charge >= 0.3 is 0 Å². The molecule has 94 valence electrons. The summed E-state index contributed by atoms with van der Waals surface area (Å²) in [6.07, 6.45) is 3.61. The molecule has 3 N–H and O–H groups in total. The standard InChI is InChI=1S/C14H17N3O/c1-11-10-16-8-6-14(11)17-12-2-4-13(5-3-12)18-9-7-15/h2-6,8,10H,7,9,15H2,1H3,(H,16,17). The molecule has 0 saturated carbocycles. The van der Waals surface area contributed by atoms with Gasteiger partial charge in [0.2, 0.25) is 0 Å². The van der Waals surface area contributed by atoms with E-state index < -0.39 is 0 Å². The summed E-state index contributed by atoms with van der Waals surface area (Å²) in [5, 5.41) is 3.34. The molecule has 0 unspecified atom stereocenters. The van der Waals surface area contributed by atoms with E-state index in [9.17, 15) is 0 Å². The normalized spacial score (nSPS) is 10.1. The molecule has 0 fully saturated rings. The van der Waals surface area contributed by atoms with Crippen molar-refractivity contribution in [3.8, 4) is 5.75 Å². The van der Waals surface area contributed by atoms with E-state index in [1.807, 2.05) is 43.5 Å². The van der Waals surface area contributed by atoms with Gasteiger partial charge in [-0.25, -0.2) is 0 Å². The van der Waals surface area contributed by atoms with Gasteiger partial charge in [-0.15, -0.1) is 0 Å². The van der Waals surface area contributed by atoms with Crippen molar-refractivity contribution < 1.29 is 4.74 Å². The van der Waals surface area contributed by atoms with Gasteiger partial charge in [0.05, 0.1) is 0 Å². The number of nitrogens with zero attached hydrogens (tertiary/aromatic N) is 1. The van der Waals surface area contributed by atoms with Crippen LogP contribution in [0.2, 0.25) is 0 Å². The summed E-state index contributed by atoms with van der Waals surface area (Å²) in [7, 11) is 0. The fraction of sp³-hybridized carbons (Fsp3) is 0.214. The molecule has 18 heavy (non-hydrogen) atoms. The molecule has 1 heterocycles. The highest BCUT2D eigenvalue weighted by Crippen LogP contribution is 2.21. The van der Waals surface area contributed by atoms with Crippen LogP contribution in [0, 0.1) is 6.92 Å². The van der Waals surface area contributed by atoms with Crippen molar-refractivity contribution in [1.29, 1.82) is 0 Å². The fourth-order valence-corrected chi connectivity index (χ4v) is 1.58. The summed E-state index contributed by atoms with van der Waals surface area (Å²) in [5.41, 5.74) is 8.57. The van der Waals surface area contributed by atoms with Crippen LogP contribution in [-0.2, 0) is 0 Å². The number of pyridine rings is 1. The number of rotatable bonds is 5. The third-order valence-corrected chi connectivity index (χ3v) is 2.54. The second kappa shape index (κ2) is 6.02. The molecule has 0 bridgehead atoms. The smallest absolute Gasteiger partial charge is 0.119 e. The molecular weight excluding hydrogens is 226 g/mol. The van der Waals surface area contributed by atoms with Crippen molar-refractivity contribution in [2.24, 2.45) is 5.73 Å². The van der Waals surface area contributed by atoms with E-state index in [-0.39, 0.29) is 0 Å². The maximum absolute atomic E-state index is 5.42. The highest BCUT2D eigenvalue weighted by molar-refractivity contribution is 5.62. The monoisotopic (exact) mass is 243 g/mol. The first-order chi connectivity index (χ1) is 8.79. The quantitative estimate of drug-likeness (QED) is 0.847. The maximum atomic E-state index is 5.42. The fourth-order valence-electron chi connectivity index (χ4n) is 1.58. The molecule has 0 amide bonds. The van der Waals surface area contributed by atoms with Crippen molar-refractivity contribution in [3.63, 3.8) is 0 Å². The van der Waals surface area contributed by atoms with Crippen LogP contribution in [0.1, 0.15) is 5.56 Å². The van der Waals surface area contributed by atoms with Crippen molar-refractivity contribution in [2.75, 3.05) is 18.5 Å². The third-order valence-electron chi connectivity index (χ3n) is 2.54. The number of hydrogen-bond donors (Lipinski definition) is 2. The Morgan fingerprint density at radius 1 is 1.22 bits per heavy atom. The molecule has 4 heteroatoms. The molecule has 2 rings (SSSR count). The Morgan fingerprint density at radius 3 is 2.67 bits per heavy atom. The number of hydrogen-bond acceptors (Lipinski definition) is 4. The van der Waals surface area contributed by atoms with Gasteiger partial charge in [0.15, 0.2) is 0 Å². The van der Waals surface area contributed by atoms with E-state index in [1.54, 1.807) is 6.20 Å². The van der Waals surface area contributed by atoms with Crippen LogP contribution < -0.4 is 15.8 Å². The molecule has 0 saturated heterocycles. The predicted molar refractivity (Wildman–Crippen MR) is 73.2 cm³/mol. The minimum absolute atomic E-state index is 0.524. The Hall–Kier alpha value is -2.07. The lowest BCUT2D eigenvalue weighted by molar-refractivity contribution is 0.328. The van der Waals surface area contributed by atoms with Crippen LogP contribution in [0.15, 0.2) is 42.7 Å². The number of aromatic nitrogens is 1. The van der Waals surface area contributed by atoms with Crippen molar-refractivity contribution in [2.45, 2.75) is 6.92 Å². The van der Waals surface area contributed by atoms with Gasteiger partial charge in [-0.05, 0) is 42.8 Å². The summed E-state index contributed by atoms with van der Waals surface area (Å²) >= 11 is 0. The maximum Gasteiger partial charge on any atom is 0.119 e. The number of anilines is 2. The Morgan fingerprint density at radius 2 is 2.00 bits per heavy atom. The van der Waals surface area contributed by atoms with Crippen molar-refractivity contribution >= 4 is 11.4 Å². The summed E-state index contributed by atoms with van der Waals surface area (Å²) < 4.78 is 5.42. The van der Waals surface area contributed by atoms with E-state index in [0.29, 0.717) is 13.2 Å². The zero-order chi connectivity index (χ0) is 12.8. The van der Waals surface area contributed by atoms with Crippen LogP contribution in [0.4, 0.5) is 11.4 Å². The number of benzene rings is 1. The molecule has 0 aliphatic heterocycles. The third kappa shape index (κ3) is 3.21. The average molecular weight is 243 g/mol. The molecule has 1 aromatic carbocycles. The predicted octanol–water partition coefficient (Wildman–Crippen LogP) is 2.47. The second-order valence-electron chi connectivity index (χ2n) is 3.98. The average Bonchev–Trinajstić information content (AvgIpc) is 2.41. The first-order valence-electron chi connectivity index (χ1n) is 5.90. The van der Waals surface area contributed by atoms with E-state index >= 15 is 0 Å². The van der Waals surface area contributed by atoms with Gasteiger partial charge in [0.1, 0.15) is 12.4 Å². The Labute approximate surface area is 107 Å². The molecule has 2 aromatic rings. The molecule has 0 aliphatic rings. The zero-order valence-electron chi connectivity index (χ0n) is 10.4. The van der Waals surface area contributed by atoms with Gasteiger partial charge < -0.3 is 15.8 Å². The van der Waals surface area contributed by atoms with Gasteiger partial charge in [-0.3, -0.25) is 4.98 Å². The van der Waals surface area contributed by atoms with Crippen LogP contribution in [0.5, 0.6) is 5.75 Å². The topological polar surface area (TPSA) is 60.2 Å². The number of nitrogens with two attached hydrogens (primary N) is 1. The number of nitrogens with one attached hydrogen (secondary N) is 1. The molecular formula is C14H17N3O. The Bertz CT molecular complexity index is 497. The lowest BCUT2D eigenvalue weighted by atomic mass is 10.2. The highest BCUT2D eigenvalue weighted by atomic mass is 16.5. The van der Waals surface area contributed by atoms with E-state index in [2.05, 4.69) is 10.3 Å². The Balaban J connectivity index is 2.04. The zero-order valence-corrected chi connectivity index (χ0v) is 10.4. The summed E-state index contributed by atoms with van der Waals surface area (Å²) in [5.74, 6) is 0.831. The highest BCUT2D eigenvalue weighted by Gasteiger charge is 1.99. The van der Waals surface area contributed by atoms with Crippen molar-refractivity contribution in [3.05, 3.63) is 48.3 Å². The molecule has 0 spiro atoms. The Kier molecular flexibility index (Phi) is 4.15. The molecule has 0 radical (unpaired) electrons. The van der Waals surface area contributed by atoms with E-state index in [1.165, 1.54) is 0 Å². The lowest BCUT2D eigenvalue weighted by Crippen LogP contribution is -2.10. The summed E-state index contributed by atoms with van der Waals surface area (Å²) in [6.45, 7) is 3.08. The molecule has 1 aromatic heterocycles. The molecule has 0 aliphatic carbocycles. The van der Waals surface area contributed by atoms with E-state index in [4.69, 9.17) is 10.5 Å². The van der Waals surface area contributed by atoms with Gasteiger partial charge in [0.25, 0.3) is 0 Å². The van der Waals surface area contributed by atoms with Gasteiger partial charge in [-0.1, -0.05) is 0 Å².